The lowest BCUT2D eigenvalue weighted by atomic mass is 9.90. The van der Waals surface area contributed by atoms with E-state index in [1.807, 2.05) is 33.1 Å². The van der Waals surface area contributed by atoms with E-state index in [1.165, 1.54) is 0 Å². The molecule has 1 N–H and O–H groups in total. The number of amides is 1. The summed E-state index contributed by atoms with van der Waals surface area (Å²) in [7, 11) is 7.85. The van der Waals surface area contributed by atoms with Gasteiger partial charge in [-0.05, 0) is 76.5 Å². The van der Waals surface area contributed by atoms with E-state index in [1.54, 1.807) is 30.5 Å². The average molecular weight is 418 g/mol. The normalized spacial score (nSPS) is 17.4. The fourth-order valence-electron chi connectivity index (χ4n) is 4.01. The first-order chi connectivity index (χ1) is 14.8. The van der Waals surface area contributed by atoms with Gasteiger partial charge in [0, 0.05) is 30.5 Å². The van der Waals surface area contributed by atoms with Crippen LogP contribution in [-0.2, 0) is 9.59 Å². The molecule has 2 heterocycles. The van der Waals surface area contributed by atoms with Crippen molar-refractivity contribution in [2.24, 2.45) is 9.98 Å². The Hall–Kier alpha value is -3.16. The van der Waals surface area contributed by atoms with Gasteiger partial charge in [0.1, 0.15) is 5.75 Å². The van der Waals surface area contributed by atoms with Crippen molar-refractivity contribution in [2.75, 3.05) is 41.3 Å². The molecule has 0 saturated heterocycles. The quantitative estimate of drug-likeness (QED) is 0.709. The Labute approximate surface area is 181 Å². The van der Waals surface area contributed by atoms with Crippen molar-refractivity contribution in [3.8, 4) is 5.75 Å². The minimum Gasteiger partial charge on any atom is -0.507 e. The molecule has 0 unspecified atom stereocenters. The average Bonchev–Trinajstić information content (AvgIpc) is 3.26. The second-order valence-electron chi connectivity index (χ2n) is 8.51. The number of nitrogens with zero attached hydrogens (tertiary/aromatic N) is 4. The Morgan fingerprint density at radius 2 is 1.68 bits per heavy atom. The van der Waals surface area contributed by atoms with E-state index in [2.05, 4.69) is 14.9 Å². The Morgan fingerprint density at radius 3 is 2.39 bits per heavy atom. The largest absolute Gasteiger partial charge is 0.507 e. The molecular weight excluding hydrogens is 392 g/mol. The molecule has 1 amide bonds. The lowest BCUT2D eigenvalue weighted by Crippen LogP contribution is -2.25. The van der Waals surface area contributed by atoms with Crippen LogP contribution in [0, 0.1) is 0 Å². The van der Waals surface area contributed by atoms with Crippen LogP contribution in [0.2, 0.25) is 0 Å². The summed E-state index contributed by atoms with van der Waals surface area (Å²) >= 11 is 0. The van der Waals surface area contributed by atoms with Crippen molar-refractivity contribution >= 4 is 29.1 Å². The predicted octanol–water partition coefficient (Wildman–Crippen LogP) is 0.837. The number of carbonyl (C=O) groups excluding carboxylic acids is 2. The van der Waals surface area contributed by atoms with E-state index in [0.717, 1.165) is 24.1 Å². The van der Waals surface area contributed by atoms with Crippen LogP contribution in [0.3, 0.4) is 0 Å². The number of phenols is 1. The minimum absolute atomic E-state index is 0.0228. The number of aliphatic imine (C=N–C) groups is 1. The van der Waals surface area contributed by atoms with Crippen molar-refractivity contribution in [1.82, 2.24) is 9.80 Å². The van der Waals surface area contributed by atoms with Crippen molar-refractivity contribution in [3.05, 3.63) is 57.3 Å². The third-order valence-electron chi connectivity index (χ3n) is 5.64. The van der Waals surface area contributed by atoms with Gasteiger partial charge in [0.25, 0.3) is 5.91 Å². The Bertz CT molecular complexity index is 1230. The van der Waals surface area contributed by atoms with Gasteiger partial charge in [-0.25, -0.2) is 4.99 Å². The number of ketones is 1. The van der Waals surface area contributed by atoms with E-state index in [9.17, 15) is 14.7 Å². The molecular formula is C24H26N4O3. The number of fused-ring (bicyclic) bond motifs is 2. The van der Waals surface area contributed by atoms with Crippen molar-refractivity contribution < 1.29 is 14.7 Å². The number of benzene rings is 1. The maximum Gasteiger partial charge on any atom is 0.274 e. The summed E-state index contributed by atoms with van der Waals surface area (Å²) in [5.74, 6) is -0.342. The molecule has 0 aromatic heterocycles. The van der Waals surface area contributed by atoms with Gasteiger partial charge in [0.15, 0.2) is 5.78 Å². The van der Waals surface area contributed by atoms with E-state index < -0.39 is 0 Å². The smallest absolute Gasteiger partial charge is 0.274 e. The summed E-state index contributed by atoms with van der Waals surface area (Å²) in [6.45, 7) is 1.51. The van der Waals surface area contributed by atoms with Crippen LogP contribution in [0.4, 0.5) is 0 Å². The third-order valence-corrected chi connectivity index (χ3v) is 5.64. The molecule has 7 nitrogen and oxygen atoms in total. The number of hydrogen-bond acceptors (Lipinski definition) is 6. The molecule has 31 heavy (non-hydrogen) atoms. The molecule has 7 heteroatoms. The predicted molar refractivity (Wildman–Crippen MR) is 120 cm³/mol. The SMILES string of the molecule is CN(C)CCC1=C2C(=O)C=CC(c3cc(O)c4c(c3)=NC(=O)C=4CCN(C)C)=C2N=C1. The molecule has 0 radical (unpaired) electrons. The molecule has 1 aliphatic carbocycles. The highest BCUT2D eigenvalue weighted by atomic mass is 16.3. The number of phenolic OH excluding ortho intramolecular Hbond substituents is 1. The van der Waals surface area contributed by atoms with Gasteiger partial charge < -0.3 is 14.9 Å². The Balaban J connectivity index is 1.80. The van der Waals surface area contributed by atoms with E-state index in [-0.39, 0.29) is 17.4 Å². The Morgan fingerprint density at radius 1 is 0.968 bits per heavy atom. The molecule has 1 aromatic carbocycles. The maximum absolute atomic E-state index is 12.6. The maximum atomic E-state index is 12.6. The zero-order valence-corrected chi connectivity index (χ0v) is 18.3. The summed E-state index contributed by atoms with van der Waals surface area (Å²) < 4.78 is 0. The monoisotopic (exact) mass is 418 g/mol. The zero-order chi connectivity index (χ0) is 22.3. The fraction of sp³-hybridized carbons (Fsp3) is 0.333. The van der Waals surface area contributed by atoms with Crippen LogP contribution in [0.15, 0.2) is 51.1 Å². The number of rotatable bonds is 7. The standard InChI is InChI=1S/C24H26N4O3/c1-27(2)9-7-14-13-25-23-16(5-6-19(29)21(14)23)15-11-18-22(20(30)12-15)17(24(31)26-18)8-10-28(3)4/h5-6,11-13,30H,7-10H2,1-4H3. The topological polar surface area (TPSA) is 85.6 Å². The van der Waals surface area contributed by atoms with Gasteiger partial charge in [-0.1, -0.05) is 0 Å². The van der Waals surface area contributed by atoms with Crippen LogP contribution in [0.5, 0.6) is 5.75 Å². The number of aromatic hydroxyl groups is 1. The molecule has 0 saturated carbocycles. The number of carbonyl (C=O) groups is 2. The summed E-state index contributed by atoms with van der Waals surface area (Å²) in [6, 6.07) is 3.43. The summed E-state index contributed by atoms with van der Waals surface area (Å²) in [4.78, 5) is 37.8. The third kappa shape index (κ3) is 3.94. The highest BCUT2D eigenvalue weighted by Crippen LogP contribution is 2.36. The van der Waals surface area contributed by atoms with Gasteiger partial charge in [-0.2, -0.15) is 0 Å². The van der Waals surface area contributed by atoms with Gasteiger partial charge in [-0.3, -0.25) is 14.6 Å². The summed E-state index contributed by atoms with van der Waals surface area (Å²) in [5.41, 5.74) is 4.11. The van der Waals surface area contributed by atoms with Gasteiger partial charge in [-0.15, -0.1) is 0 Å². The van der Waals surface area contributed by atoms with Crippen LogP contribution >= 0.6 is 0 Å². The highest BCUT2D eigenvalue weighted by molar-refractivity contribution is 6.18. The van der Waals surface area contributed by atoms with Gasteiger partial charge in [0.2, 0.25) is 0 Å². The van der Waals surface area contributed by atoms with Crippen LogP contribution < -0.4 is 10.6 Å². The van der Waals surface area contributed by atoms with Crippen LogP contribution in [-0.4, -0.2) is 74.1 Å². The van der Waals surface area contributed by atoms with Gasteiger partial charge >= 0.3 is 0 Å². The lowest BCUT2D eigenvalue weighted by Gasteiger charge is -2.15. The van der Waals surface area contributed by atoms with E-state index in [0.29, 0.717) is 45.9 Å². The van der Waals surface area contributed by atoms with Crippen LogP contribution in [0.25, 0.3) is 11.1 Å². The number of allylic oxidation sites excluding steroid dienone is 4. The molecule has 0 atom stereocenters. The molecule has 0 spiro atoms. The second kappa shape index (κ2) is 8.17. The van der Waals surface area contributed by atoms with Crippen molar-refractivity contribution in [1.29, 1.82) is 0 Å². The zero-order valence-electron chi connectivity index (χ0n) is 18.3. The summed E-state index contributed by atoms with van der Waals surface area (Å²) in [5, 5.41) is 11.7. The fourth-order valence-corrected chi connectivity index (χ4v) is 4.01. The second-order valence-corrected chi connectivity index (χ2v) is 8.51. The first-order valence-corrected chi connectivity index (χ1v) is 10.3. The molecule has 0 bridgehead atoms. The minimum atomic E-state index is -0.304. The summed E-state index contributed by atoms with van der Waals surface area (Å²) in [6.07, 6.45) is 6.27. The Kier molecular flexibility index (Phi) is 5.56. The first kappa shape index (κ1) is 21.1. The van der Waals surface area contributed by atoms with Gasteiger partial charge in [0.05, 0.1) is 21.8 Å². The molecule has 3 aliphatic rings. The highest BCUT2D eigenvalue weighted by Gasteiger charge is 2.28. The molecule has 4 rings (SSSR count). The van der Waals surface area contributed by atoms with Crippen LogP contribution in [0.1, 0.15) is 18.4 Å². The molecule has 2 aliphatic heterocycles. The van der Waals surface area contributed by atoms with E-state index >= 15 is 0 Å². The molecule has 0 fully saturated rings. The molecule has 1 aromatic rings. The molecule has 160 valence electrons. The number of hydrogen-bond donors (Lipinski definition) is 1. The van der Waals surface area contributed by atoms with E-state index in [4.69, 9.17) is 0 Å². The van der Waals surface area contributed by atoms with Crippen molar-refractivity contribution in [2.45, 2.75) is 12.8 Å². The first-order valence-electron chi connectivity index (χ1n) is 10.3. The lowest BCUT2D eigenvalue weighted by molar-refractivity contribution is -0.113. The van der Waals surface area contributed by atoms with Crippen molar-refractivity contribution in [3.63, 3.8) is 0 Å².